The predicted molar refractivity (Wildman–Crippen MR) is 117 cm³/mol. The van der Waals surface area contributed by atoms with E-state index < -0.39 is 18.1 Å². The number of anilines is 1. The van der Waals surface area contributed by atoms with Crippen LogP contribution in [-0.4, -0.2) is 42.8 Å². The van der Waals surface area contributed by atoms with Crippen molar-refractivity contribution >= 4 is 41.2 Å². The molecule has 2 unspecified atom stereocenters. The van der Waals surface area contributed by atoms with Crippen LogP contribution in [0.15, 0.2) is 28.8 Å². The van der Waals surface area contributed by atoms with Gasteiger partial charge in [-0.1, -0.05) is 0 Å². The molecule has 2 amide bonds. The van der Waals surface area contributed by atoms with Gasteiger partial charge in [0.25, 0.3) is 0 Å². The van der Waals surface area contributed by atoms with Crippen LogP contribution >= 0.6 is 11.9 Å². The fourth-order valence-electron chi connectivity index (χ4n) is 3.86. The number of carbonyl (C=O) groups is 4. The number of hydrogen-bond acceptors (Lipinski definition) is 8. The van der Waals surface area contributed by atoms with Crippen molar-refractivity contribution in [1.82, 2.24) is 5.32 Å². The number of carbonyl (C=O) groups excluding carboxylic acids is 4. The Bertz CT molecular complexity index is 957. The number of amides is 2. The number of ether oxygens (including phenoxy) is 1. The number of fused-ring (bicyclic) bond motifs is 1. The second kappa shape index (κ2) is 9.52. The molecule has 1 saturated heterocycles. The van der Waals surface area contributed by atoms with Crippen molar-refractivity contribution in [3.8, 4) is 0 Å². The Morgan fingerprint density at radius 2 is 2.03 bits per heavy atom. The molecule has 1 aromatic rings. The molecule has 31 heavy (non-hydrogen) atoms. The Morgan fingerprint density at radius 1 is 1.29 bits per heavy atom. The highest BCUT2D eigenvalue weighted by molar-refractivity contribution is 8.01. The van der Waals surface area contributed by atoms with Gasteiger partial charge in [-0.05, 0) is 61.9 Å². The van der Waals surface area contributed by atoms with Crippen LogP contribution in [0, 0.1) is 5.92 Å². The standard InChI is InChI=1S/C21H26N4O5S/c1-11(22)20(31-23)19(28)17-5-3-4-13-8-14(6-7-16(13)18(17)27)25-10-15(30-21(25)29)9-24-12(2)26/h6-8,15,17H,3-5,9-10,22-23H2,1-2H3,(H,24,26)/b20-11-. The summed E-state index contributed by atoms with van der Waals surface area (Å²) in [6, 6.07) is 5.13. The average molecular weight is 447 g/mol. The monoisotopic (exact) mass is 446 g/mol. The minimum atomic E-state index is -0.824. The van der Waals surface area contributed by atoms with Gasteiger partial charge in [-0.15, -0.1) is 0 Å². The molecule has 2 aliphatic rings. The molecule has 5 N–H and O–H groups in total. The van der Waals surface area contributed by atoms with Crippen LogP contribution in [0.2, 0.25) is 0 Å². The molecule has 0 bridgehead atoms. The lowest BCUT2D eigenvalue weighted by molar-refractivity contribution is -0.119. The summed E-state index contributed by atoms with van der Waals surface area (Å²) in [6.07, 6.45) is 0.700. The summed E-state index contributed by atoms with van der Waals surface area (Å²) in [6.45, 7) is 3.52. The molecule has 9 nitrogen and oxygen atoms in total. The van der Waals surface area contributed by atoms with E-state index in [4.69, 9.17) is 15.6 Å². The molecule has 1 aliphatic heterocycles. The highest BCUT2D eigenvalue weighted by Gasteiger charge is 2.35. The molecule has 3 rings (SSSR count). The zero-order chi connectivity index (χ0) is 22.7. The predicted octanol–water partition coefficient (Wildman–Crippen LogP) is 1.65. The number of nitrogens with one attached hydrogen (secondary N) is 1. The maximum absolute atomic E-state index is 13.1. The van der Waals surface area contributed by atoms with Gasteiger partial charge in [-0.2, -0.15) is 0 Å². The van der Waals surface area contributed by atoms with Gasteiger partial charge in [0.05, 0.1) is 23.9 Å². The molecule has 166 valence electrons. The van der Waals surface area contributed by atoms with Gasteiger partial charge in [0.15, 0.2) is 11.6 Å². The van der Waals surface area contributed by atoms with Crippen LogP contribution in [0.4, 0.5) is 10.5 Å². The van der Waals surface area contributed by atoms with E-state index in [1.54, 1.807) is 25.1 Å². The van der Waals surface area contributed by atoms with E-state index in [1.165, 1.54) is 11.8 Å². The highest BCUT2D eigenvalue weighted by atomic mass is 32.2. The molecule has 0 spiro atoms. The van der Waals surface area contributed by atoms with Crippen molar-refractivity contribution in [3.63, 3.8) is 0 Å². The van der Waals surface area contributed by atoms with E-state index in [0.29, 0.717) is 42.8 Å². The summed E-state index contributed by atoms with van der Waals surface area (Å²) >= 11 is 0.764. The fourth-order valence-corrected chi connectivity index (χ4v) is 4.30. The van der Waals surface area contributed by atoms with Gasteiger partial charge in [0.1, 0.15) is 6.10 Å². The first-order valence-corrected chi connectivity index (χ1v) is 10.9. The molecular weight excluding hydrogens is 420 g/mol. The third-order valence-electron chi connectivity index (χ3n) is 5.39. The summed E-state index contributed by atoms with van der Waals surface area (Å²) in [7, 11) is 0. The molecule has 10 heteroatoms. The topological polar surface area (TPSA) is 145 Å². The smallest absolute Gasteiger partial charge is 0.414 e. The Hall–Kier alpha value is -2.85. The number of cyclic esters (lactones) is 1. The quantitative estimate of drug-likeness (QED) is 0.259. The molecule has 0 saturated carbocycles. The molecule has 2 atom stereocenters. The van der Waals surface area contributed by atoms with E-state index >= 15 is 0 Å². The molecule has 1 aliphatic carbocycles. The number of nitrogens with zero attached hydrogens (tertiary/aromatic N) is 1. The molecule has 1 fully saturated rings. The Balaban J connectivity index is 1.82. The zero-order valence-corrected chi connectivity index (χ0v) is 18.3. The van der Waals surface area contributed by atoms with Crippen LogP contribution in [0.5, 0.6) is 0 Å². The van der Waals surface area contributed by atoms with Gasteiger partial charge >= 0.3 is 6.09 Å². The lowest BCUT2D eigenvalue weighted by Crippen LogP contribution is -2.33. The highest BCUT2D eigenvalue weighted by Crippen LogP contribution is 2.32. The summed E-state index contributed by atoms with van der Waals surface area (Å²) in [5.74, 6) is -1.63. The first-order chi connectivity index (χ1) is 14.7. The number of aryl methyl sites for hydroxylation is 1. The van der Waals surface area contributed by atoms with Crippen molar-refractivity contribution in [1.29, 1.82) is 0 Å². The number of ketones is 2. The Morgan fingerprint density at radius 3 is 2.68 bits per heavy atom. The number of Topliss-reactive ketones (excluding diaryl/α,β-unsaturated/α-hetero) is 2. The largest absolute Gasteiger partial charge is 0.442 e. The molecule has 0 radical (unpaired) electrons. The molecule has 1 heterocycles. The lowest BCUT2D eigenvalue weighted by Gasteiger charge is -2.17. The van der Waals surface area contributed by atoms with Gasteiger partial charge < -0.3 is 15.8 Å². The van der Waals surface area contributed by atoms with Crippen molar-refractivity contribution in [2.24, 2.45) is 16.8 Å². The minimum absolute atomic E-state index is 0.196. The van der Waals surface area contributed by atoms with Crippen LogP contribution in [0.25, 0.3) is 0 Å². The van der Waals surface area contributed by atoms with Gasteiger partial charge in [-0.25, -0.2) is 4.79 Å². The first-order valence-electron chi connectivity index (χ1n) is 10.00. The summed E-state index contributed by atoms with van der Waals surface area (Å²) < 4.78 is 5.31. The normalized spacial score (nSPS) is 21.7. The minimum Gasteiger partial charge on any atom is -0.442 e. The van der Waals surface area contributed by atoms with E-state index in [1.807, 2.05) is 0 Å². The van der Waals surface area contributed by atoms with Crippen LogP contribution in [0.3, 0.4) is 0 Å². The van der Waals surface area contributed by atoms with Gasteiger partial charge in [0, 0.05) is 23.9 Å². The molecular formula is C21H26N4O5S. The van der Waals surface area contributed by atoms with E-state index in [9.17, 15) is 19.2 Å². The summed E-state index contributed by atoms with van der Waals surface area (Å²) in [5, 5.41) is 8.23. The second-order valence-corrected chi connectivity index (χ2v) is 8.34. The van der Waals surface area contributed by atoms with Crippen LogP contribution in [-0.2, 0) is 20.7 Å². The number of nitrogens with two attached hydrogens (primary N) is 2. The van der Waals surface area contributed by atoms with Crippen molar-refractivity contribution in [2.45, 2.75) is 39.2 Å². The third kappa shape index (κ3) is 4.91. The lowest BCUT2D eigenvalue weighted by atomic mass is 9.90. The van der Waals surface area contributed by atoms with Gasteiger partial charge in [0.2, 0.25) is 5.91 Å². The second-order valence-electron chi connectivity index (χ2n) is 7.70. The van der Waals surface area contributed by atoms with Gasteiger partial charge in [-0.3, -0.25) is 24.4 Å². The SMILES string of the molecule is CC(=O)NCC1CN(c2ccc3c(c2)CCCC(C(=O)/C(SN)=C(\C)N)C3=O)C(=O)O1. The molecule has 0 aromatic heterocycles. The summed E-state index contributed by atoms with van der Waals surface area (Å²) in [4.78, 5) is 51.1. The van der Waals surface area contributed by atoms with Crippen molar-refractivity contribution < 1.29 is 23.9 Å². The van der Waals surface area contributed by atoms with Crippen LogP contribution < -0.4 is 21.1 Å². The van der Waals surface area contributed by atoms with Crippen molar-refractivity contribution in [3.05, 3.63) is 39.9 Å². The van der Waals surface area contributed by atoms with E-state index in [2.05, 4.69) is 5.32 Å². The van der Waals surface area contributed by atoms with Crippen molar-refractivity contribution in [2.75, 3.05) is 18.0 Å². The maximum Gasteiger partial charge on any atom is 0.414 e. The number of allylic oxidation sites excluding steroid dienone is 2. The fraction of sp³-hybridized carbons (Fsp3) is 0.429. The van der Waals surface area contributed by atoms with E-state index in [0.717, 1.165) is 17.5 Å². The molecule has 1 aromatic carbocycles. The zero-order valence-electron chi connectivity index (χ0n) is 17.5. The van der Waals surface area contributed by atoms with E-state index in [-0.39, 0.29) is 28.9 Å². The van der Waals surface area contributed by atoms with Crippen LogP contribution in [0.1, 0.15) is 42.6 Å². The third-order valence-corrected chi connectivity index (χ3v) is 6.15. The number of hydrogen-bond donors (Lipinski definition) is 3. The number of rotatable bonds is 6. The summed E-state index contributed by atoms with van der Waals surface area (Å²) in [5.41, 5.74) is 7.93. The average Bonchev–Trinajstić information content (AvgIpc) is 3.01. The Kier molecular flexibility index (Phi) is 7.01. The first kappa shape index (κ1) is 22.8. The number of benzene rings is 1. The Labute approximate surface area is 184 Å². The maximum atomic E-state index is 13.1.